The Bertz CT molecular complexity index is 1970. The van der Waals surface area contributed by atoms with Crippen LogP contribution in [-0.2, 0) is 46.3 Å². The van der Waals surface area contributed by atoms with Crippen molar-refractivity contribution in [2.45, 2.75) is 154 Å². The lowest BCUT2D eigenvalue weighted by Crippen LogP contribution is -2.36. The number of rotatable bonds is 35. The lowest BCUT2D eigenvalue weighted by atomic mass is 10.0. The van der Waals surface area contributed by atoms with Crippen LogP contribution in [-0.4, -0.2) is 108 Å². The van der Waals surface area contributed by atoms with Crippen LogP contribution in [0.5, 0.6) is 0 Å². The zero-order valence-electron chi connectivity index (χ0n) is 39.3. The minimum absolute atomic E-state index is 0.0826. The molecule has 1 aliphatic heterocycles. The van der Waals surface area contributed by atoms with Crippen LogP contribution in [0.2, 0.25) is 0 Å². The minimum Gasteiger partial charge on any atom is -0.462 e. The highest BCUT2D eigenvalue weighted by atomic mass is 31.3. The number of nitrogen functional groups attached to an aromatic ring is 1. The molecule has 1 aromatic rings. The summed E-state index contributed by atoms with van der Waals surface area (Å²) in [6.45, 7) is 3.93. The average molecular weight is 1000 g/mol. The van der Waals surface area contributed by atoms with Gasteiger partial charge in [0.25, 0.3) is 0 Å². The summed E-state index contributed by atoms with van der Waals surface area (Å²) in [4.78, 5) is 61.6. The van der Waals surface area contributed by atoms with Gasteiger partial charge in [-0.3, -0.25) is 23.2 Å². The molecule has 384 valence electrons. The number of aliphatic hydroxyl groups excluding tert-OH is 4. The van der Waals surface area contributed by atoms with Crippen molar-refractivity contribution in [3.05, 3.63) is 95.7 Å². The van der Waals surface area contributed by atoms with E-state index in [9.17, 15) is 53.7 Å². The number of anilines is 1. The van der Waals surface area contributed by atoms with E-state index in [2.05, 4.69) is 23.1 Å². The van der Waals surface area contributed by atoms with Gasteiger partial charge in [0.15, 0.2) is 12.3 Å². The summed E-state index contributed by atoms with van der Waals surface area (Å²) in [5.74, 6) is -0.838. The van der Waals surface area contributed by atoms with Gasteiger partial charge >= 0.3 is 33.3 Å². The fraction of sp³-hybridized carbons (Fsp3) is 0.609. The first-order valence-corrected chi connectivity index (χ1v) is 26.0. The van der Waals surface area contributed by atoms with Gasteiger partial charge in [0, 0.05) is 19.0 Å². The van der Waals surface area contributed by atoms with Gasteiger partial charge in [0.2, 0.25) is 0 Å². The number of ether oxygens (including phenoxy) is 3. The molecule has 0 bridgehead atoms. The molecule has 68 heavy (non-hydrogen) atoms. The molecule has 2 rings (SSSR count). The number of carbonyl (C=O) groups excluding carboxylic acids is 2. The second-order valence-electron chi connectivity index (χ2n) is 16.4. The van der Waals surface area contributed by atoms with E-state index in [0.29, 0.717) is 31.6 Å². The van der Waals surface area contributed by atoms with Crippen molar-refractivity contribution < 1.29 is 76.5 Å². The monoisotopic (exact) mass is 1000 g/mol. The zero-order chi connectivity index (χ0) is 50.4. The van der Waals surface area contributed by atoms with E-state index < -0.39 is 95.9 Å². The molecule has 1 saturated heterocycles. The van der Waals surface area contributed by atoms with Crippen LogP contribution in [0.4, 0.5) is 5.82 Å². The minimum atomic E-state index is -5.46. The van der Waals surface area contributed by atoms with Crippen molar-refractivity contribution in [2.75, 3.05) is 25.6 Å². The quantitative estimate of drug-likeness (QED) is 0.0128. The maximum absolute atomic E-state index is 12.8. The van der Waals surface area contributed by atoms with E-state index in [-0.39, 0.29) is 25.1 Å². The molecule has 1 fully saturated rings. The van der Waals surface area contributed by atoms with Gasteiger partial charge < -0.3 is 50.2 Å². The molecule has 0 aliphatic carbocycles. The zero-order valence-corrected chi connectivity index (χ0v) is 41.1. The molecule has 0 spiro atoms. The number of esters is 2. The number of phosphoric ester groups is 2. The van der Waals surface area contributed by atoms with Crippen LogP contribution in [0, 0.1) is 5.92 Å². The van der Waals surface area contributed by atoms with Crippen molar-refractivity contribution in [2.24, 2.45) is 5.92 Å². The number of aliphatic hydroxyl groups is 4. The van der Waals surface area contributed by atoms with Crippen molar-refractivity contribution in [3.63, 3.8) is 0 Å². The molecule has 0 saturated carbocycles. The highest BCUT2D eigenvalue weighted by molar-refractivity contribution is 7.61. The van der Waals surface area contributed by atoms with Gasteiger partial charge in [-0.05, 0) is 50.5 Å². The summed E-state index contributed by atoms with van der Waals surface area (Å²) in [6, 6.07) is 1.23. The van der Waals surface area contributed by atoms with Crippen LogP contribution in [0.3, 0.4) is 0 Å². The van der Waals surface area contributed by atoms with E-state index in [4.69, 9.17) is 29.0 Å². The molecule has 22 heteroatoms. The van der Waals surface area contributed by atoms with Crippen LogP contribution < -0.4 is 11.4 Å². The van der Waals surface area contributed by atoms with Gasteiger partial charge in [-0.1, -0.05) is 132 Å². The molecule has 9 atom stereocenters. The molecule has 8 N–H and O–H groups in total. The summed E-state index contributed by atoms with van der Waals surface area (Å²) in [6.07, 6.45) is 22.7. The van der Waals surface area contributed by atoms with Crippen LogP contribution in [0.25, 0.3) is 0 Å². The number of nitrogens with zero attached hydrogens (tertiary/aromatic N) is 2. The van der Waals surface area contributed by atoms with Gasteiger partial charge in [-0.2, -0.15) is 9.29 Å². The Morgan fingerprint density at radius 1 is 0.824 bits per heavy atom. The second-order valence-corrected chi connectivity index (χ2v) is 19.4. The smallest absolute Gasteiger partial charge is 0.462 e. The van der Waals surface area contributed by atoms with Crippen LogP contribution >= 0.6 is 15.6 Å². The van der Waals surface area contributed by atoms with E-state index in [1.54, 1.807) is 48.6 Å². The summed E-state index contributed by atoms with van der Waals surface area (Å²) >= 11 is 0. The lowest BCUT2D eigenvalue weighted by Gasteiger charge is -2.21. The Morgan fingerprint density at radius 2 is 1.44 bits per heavy atom. The summed E-state index contributed by atoms with van der Waals surface area (Å²) in [5, 5.41) is 40.9. The first-order valence-electron chi connectivity index (χ1n) is 23.0. The summed E-state index contributed by atoms with van der Waals surface area (Å²) < 4.78 is 56.3. The van der Waals surface area contributed by atoms with E-state index >= 15 is 0 Å². The third-order valence-electron chi connectivity index (χ3n) is 9.91. The highest BCUT2D eigenvalue weighted by Gasteiger charge is 2.46. The number of carbonyl (C=O) groups is 2. The number of hydrogen-bond donors (Lipinski definition) is 7. The predicted molar refractivity (Wildman–Crippen MR) is 254 cm³/mol. The largest absolute Gasteiger partial charge is 0.481 e. The lowest BCUT2D eigenvalue weighted by molar-refractivity contribution is -0.161. The SMILES string of the molecule is CC/C=C\C[C@H](O)/C=C/C=C\C=C\[C@H](O)C/C=C\C/C=C\CCC(=O)O[C@H](COC(=O)CCCCCCCCC(C)C)COP(=O)(O)OP(=O)(O)OC[C@H]1O[C@@H](n2ccc(N)nc2=O)[C@H](O)[C@@H]1O. The number of phosphoric acid groups is 2. The standard InChI is InChI=1S/C46H73N3O17P2/c1-4-5-16-24-36(50)26-19-14-15-20-27-37(51)25-18-11-7-9-13-22-29-42(53)64-38(32-61-41(52)28-21-12-8-6-10-17-23-35(2)3)33-62-67(57,58)66-68(59,60)63-34-39-43(54)44(55)45(65-39)49-31-30-40(47)48-46(49)56/h5,9,11,13-16,18-20,26-27,30-31,35-39,43-45,50-51,54-55H,4,6-8,10,12,17,21-25,28-29,32-34H2,1-3H3,(H,57,58)(H,59,60)(H2,47,48,56)/b13-9-,15-14-,16-5-,18-11-,26-19+,27-20+/t36-,37+,38+,39+,43+,44+,45+/m0/s1. The number of nitrogens with two attached hydrogens (primary N) is 1. The normalized spacial score (nSPS) is 21.1. The van der Waals surface area contributed by atoms with Crippen molar-refractivity contribution in [3.8, 4) is 0 Å². The number of aromatic nitrogens is 2. The molecule has 1 aliphatic rings. The third-order valence-corrected chi connectivity index (χ3v) is 12.5. The first-order chi connectivity index (χ1) is 32.3. The number of unbranched alkanes of at least 4 members (excludes halogenated alkanes) is 5. The predicted octanol–water partition coefficient (Wildman–Crippen LogP) is 6.35. The fourth-order valence-corrected chi connectivity index (χ4v) is 8.40. The molecule has 1 aromatic heterocycles. The summed E-state index contributed by atoms with van der Waals surface area (Å²) in [7, 11) is -10.9. The second kappa shape index (κ2) is 33.6. The van der Waals surface area contributed by atoms with Gasteiger partial charge in [0.1, 0.15) is 30.7 Å². The maximum Gasteiger partial charge on any atom is 0.481 e. The molecule has 2 heterocycles. The Hall–Kier alpha value is -3.88. The van der Waals surface area contributed by atoms with Gasteiger partial charge in [-0.25, -0.2) is 13.9 Å². The van der Waals surface area contributed by atoms with Crippen molar-refractivity contribution in [1.29, 1.82) is 0 Å². The molecular weight excluding hydrogens is 928 g/mol. The van der Waals surface area contributed by atoms with Gasteiger partial charge in [0.05, 0.1) is 25.4 Å². The Kier molecular flexibility index (Phi) is 29.8. The molecule has 0 aromatic carbocycles. The maximum atomic E-state index is 12.8. The first kappa shape index (κ1) is 60.2. The number of allylic oxidation sites excluding steroid dienone is 8. The molecular formula is C46H73N3O17P2. The Morgan fingerprint density at radius 3 is 2.09 bits per heavy atom. The van der Waals surface area contributed by atoms with Crippen LogP contribution in [0.15, 0.2) is 90.0 Å². The topological polar surface area (TPSA) is 306 Å². The highest BCUT2D eigenvalue weighted by Crippen LogP contribution is 2.60. The Balaban J connectivity index is 1.88. The summed E-state index contributed by atoms with van der Waals surface area (Å²) in [5.41, 5.74) is 4.55. The van der Waals surface area contributed by atoms with Crippen molar-refractivity contribution >= 4 is 33.4 Å². The Labute approximate surface area is 399 Å². The molecule has 0 radical (unpaired) electrons. The van der Waals surface area contributed by atoms with Gasteiger partial charge in [-0.15, -0.1) is 0 Å². The third kappa shape index (κ3) is 27.3. The molecule has 0 amide bonds. The van der Waals surface area contributed by atoms with Crippen LogP contribution in [0.1, 0.15) is 117 Å². The van der Waals surface area contributed by atoms with E-state index in [1.807, 2.05) is 31.2 Å². The van der Waals surface area contributed by atoms with E-state index in [0.717, 1.165) is 49.3 Å². The molecule has 20 nitrogen and oxygen atoms in total. The number of hydrogen-bond acceptors (Lipinski definition) is 17. The van der Waals surface area contributed by atoms with E-state index in [1.165, 1.54) is 12.5 Å². The fourth-order valence-electron chi connectivity index (χ4n) is 6.29. The average Bonchev–Trinajstić information content (AvgIpc) is 3.55. The van der Waals surface area contributed by atoms with Crippen molar-refractivity contribution in [1.82, 2.24) is 9.55 Å². The molecule has 2 unspecified atom stereocenters.